The molecule has 1 aliphatic carbocycles. The zero-order valence-electron chi connectivity index (χ0n) is 34.6. The van der Waals surface area contributed by atoms with Crippen molar-refractivity contribution in [3.63, 3.8) is 0 Å². The van der Waals surface area contributed by atoms with E-state index in [1.165, 1.54) is 33.3 Å². The molecule has 56 heavy (non-hydrogen) atoms. The van der Waals surface area contributed by atoms with Gasteiger partial charge in [0.1, 0.15) is 29.5 Å². The highest BCUT2D eigenvalue weighted by molar-refractivity contribution is 6.74. The molecule has 2 fully saturated rings. The Bertz CT molecular complexity index is 1710. The van der Waals surface area contributed by atoms with Gasteiger partial charge in [0.2, 0.25) is 0 Å². The van der Waals surface area contributed by atoms with E-state index in [9.17, 15) is 19.2 Å². The predicted octanol–water partition coefficient (Wildman–Crippen LogP) is 7.49. The van der Waals surface area contributed by atoms with Crippen molar-refractivity contribution in [3.8, 4) is 11.1 Å². The second-order valence-corrected chi connectivity index (χ2v) is 25.0. The molecule has 0 saturated carbocycles. The van der Waals surface area contributed by atoms with Crippen LogP contribution in [0.1, 0.15) is 71.1 Å². The number of ether oxygens (including phenoxy) is 4. The smallest absolute Gasteiger partial charge is 0.412 e. The Morgan fingerprint density at radius 2 is 1.11 bits per heavy atom. The first-order chi connectivity index (χ1) is 26.8. The summed E-state index contributed by atoms with van der Waals surface area (Å²) in [5.74, 6) is -1.03. The van der Waals surface area contributed by atoms with E-state index in [-0.39, 0.29) is 12.8 Å². The fourth-order valence-electron chi connectivity index (χ4n) is 10.1. The van der Waals surface area contributed by atoms with E-state index >= 15 is 0 Å². The standard InChI is InChI=1S/C41H59N3O10Si2/c1-11-55(12-2,13-3)53-40-24-32(35(45)49-7)43(38(47)51-9)34(40)23-28-18-17-26(21-29(28)40)27-19-20-31-30(22-27)41(54-56(14-4,15-5)16-6)25-33(36(46)50-8)44(37(41)42-31)39(48)52-10/h17-22,32-34,37,42H,11-16,23-25H2,1-10H3/t32-,33-,34+,37-,40+,41+/m0/s1. The van der Waals surface area contributed by atoms with Crippen LogP contribution in [0.15, 0.2) is 36.4 Å². The van der Waals surface area contributed by atoms with Crippen LogP contribution in [0.5, 0.6) is 0 Å². The Morgan fingerprint density at radius 1 is 0.643 bits per heavy atom. The lowest BCUT2D eigenvalue weighted by Crippen LogP contribution is -2.53. The van der Waals surface area contributed by atoms with E-state index in [0.717, 1.165) is 69.8 Å². The summed E-state index contributed by atoms with van der Waals surface area (Å²) < 4.78 is 36.0. The zero-order valence-corrected chi connectivity index (χ0v) is 36.6. The summed E-state index contributed by atoms with van der Waals surface area (Å²) in [6, 6.07) is 15.5. The number of nitrogens with zero attached hydrogens (tertiary/aromatic N) is 2. The fraction of sp³-hybridized carbons (Fsp3) is 0.610. The van der Waals surface area contributed by atoms with E-state index < -0.39 is 76.3 Å². The molecule has 3 aliphatic heterocycles. The number of amides is 2. The summed E-state index contributed by atoms with van der Waals surface area (Å²) in [4.78, 5) is 56.6. The Balaban J connectivity index is 1.52. The van der Waals surface area contributed by atoms with Crippen molar-refractivity contribution in [2.75, 3.05) is 33.8 Å². The Labute approximate surface area is 332 Å². The van der Waals surface area contributed by atoms with Gasteiger partial charge in [-0.05, 0) is 83.1 Å². The minimum Gasteiger partial charge on any atom is -0.467 e. The normalized spacial score (nSPS) is 26.2. The maximum atomic E-state index is 13.5. The van der Waals surface area contributed by atoms with E-state index in [2.05, 4.69) is 71.1 Å². The molecule has 2 aromatic carbocycles. The Morgan fingerprint density at radius 3 is 1.62 bits per heavy atom. The molecule has 3 heterocycles. The van der Waals surface area contributed by atoms with Gasteiger partial charge >= 0.3 is 24.1 Å². The zero-order chi connectivity index (χ0) is 40.8. The quantitative estimate of drug-likeness (QED) is 0.122. The van der Waals surface area contributed by atoms with Gasteiger partial charge in [0.15, 0.2) is 16.6 Å². The number of esters is 2. The molecule has 0 spiro atoms. The molecule has 6 rings (SSSR count). The number of hydrogen-bond donors (Lipinski definition) is 1. The number of methoxy groups -OCH3 is 4. The lowest BCUT2D eigenvalue weighted by molar-refractivity contribution is -0.146. The number of anilines is 1. The summed E-state index contributed by atoms with van der Waals surface area (Å²) in [5.41, 5.74) is 3.55. The van der Waals surface area contributed by atoms with Gasteiger partial charge in [0.25, 0.3) is 0 Å². The third kappa shape index (κ3) is 6.33. The third-order valence-corrected chi connectivity index (χ3v) is 23.0. The molecule has 6 atom stereocenters. The van der Waals surface area contributed by atoms with Crippen molar-refractivity contribution >= 4 is 46.4 Å². The maximum Gasteiger partial charge on any atom is 0.412 e. The minimum absolute atomic E-state index is 0.205. The molecule has 0 bridgehead atoms. The molecule has 0 radical (unpaired) electrons. The summed E-state index contributed by atoms with van der Waals surface area (Å²) in [7, 11) is 0.613. The highest BCUT2D eigenvalue weighted by Gasteiger charge is 2.66. The number of hydrogen-bond acceptors (Lipinski definition) is 11. The molecule has 13 nitrogen and oxygen atoms in total. The van der Waals surface area contributed by atoms with Gasteiger partial charge < -0.3 is 33.1 Å². The van der Waals surface area contributed by atoms with Crippen LogP contribution in [-0.4, -0.2) is 103 Å². The molecule has 306 valence electrons. The van der Waals surface area contributed by atoms with E-state index in [1.807, 2.05) is 12.1 Å². The molecule has 2 aromatic rings. The molecule has 1 N–H and O–H groups in total. The fourth-order valence-corrected chi connectivity index (χ4v) is 16.2. The molecular formula is C41H59N3O10Si2. The van der Waals surface area contributed by atoms with Crippen molar-refractivity contribution in [1.29, 1.82) is 0 Å². The van der Waals surface area contributed by atoms with Crippen molar-refractivity contribution in [3.05, 3.63) is 53.1 Å². The van der Waals surface area contributed by atoms with E-state index in [1.54, 1.807) is 4.90 Å². The monoisotopic (exact) mass is 809 g/mol. The summed E-state index contributed by atoms with van der Waals surface area (Å²) in [5, 5.41) is 3.56. The van der Waals surface area contributed by atoms with E-state index in [4.69, 9.17) is 27.8 Å². The molecular weight excluding hydrogens is 751 g/mol. The summed E-state index contributed by atoms with van der Waals surface area (Å²) >= 11 is 0. The second kappa shape index (κ2) is 15.8. The van der Waals surface area contributed by atoms with Crippen LogP contribution in [0, 0.1) is 0 Å². The highest BCUT2D eigenvalue weighted by Crippen LogP contribution is 2.57. The number of nitrogens with one attached hydrogen (secondary N) is 1. The largest absolute Gasteiger partial charge is 0.467 e. The molecule has 0 aromatic heterocycles. The van der Waals surface area contributed by atoms with Crippen LogP contribution in [0.25, 0.3) is 11.1 Å². The first-order valence-corrected chi connectivity index (χ1v) is 25.2. The highest BCUT2D eigenvalue weighted by atomic mass is 28.4. The maximum absolute atomic E-state index is 13.5. The average molecular weight is 810 g/mol. The summed E-state index contributed by atoms with van der Waals surface area (Å²) in [6.45, 7) is 13.0. The van der Waals surface area contributed by atoms with Gasteiger partial charge in [-0.2, -0.15) is 0 Å². The van der Waals surface area contributed by atoms with Gasteiger partial charge in [-0.15, -0.1) is 0 Å². The van der Waals surface area contributed by atoms with Gasteiger partial charge in [-0.25, -0.2) is 19.2 Å². The van der Waals surface area contributed by atoms with Crippen molar-refractivity contribution in [1.82, 2.24) is 9.80 Å². The van der Waals surface area contributed by atoms with Crippen molar-refractivity contribution in [2.45, 2.75) is 133 Å². The molecule has 4 aliphatic rings. The molecule has 2 amide bonds. The van der Waals surface area contributed by atoms with Gasteiger partial charge in [0, 0.05) is 24.1 Å². The van der Waals surface area contributed by atoms with Gasteiger partial charge in [-0.1, -0.05) is 59.7 Å². The van der Waals surface area contributed by atoms with Gasteiger partial charge in [-0.3, -0.25) is 9.80 Å². The number of benzene rings is 2. The van der Waals surface area contributed by atoms with Crippen LogP contribution < -0.4 is 5.32 Å². The number of carbonyl (C=O) groups excluding carboxylic acids is 4. The first-order valence-electron chi connectivity index (χ1n) is 20.1. The van der Waals surface area contributed by atoms with E-state index in [0.29, 0.717) is 6.42 Å². The lowest BCUT2D eigenvalue weighted by atomic mass is 9.87. The second-order valence-electron chi connectivity index (χ2n) is 15.6. The topological polar surface area (TPSA) is 142 Å². The van der Waals surface area contributed by atoms with Crippen molar-refractivity contribution in [2.24, 2.45) is 0 Å². The predicted molar refractivity (Wildman–Crippen MR) is 216 cm³/mol. The minimum atomic E-state index is -2.37. The number of carbonyl (C=O) groups is 4. The van der Waals surface area contributed by atoms with Crippen LogP contribution >= 0.6 is 0 Å². The van der Waals surface area contributed by atoms with Crippen LogP contribution in [0.3, 0.4) is 0 Å². The number of rotatable bonds is 13. The third-order valence-electron chi connectivity index (χ3n) is 13.7. The van der Waals surface area contributed by atoms with Crippen LogP contribution in [0.2, 0.25) is 36.3 Å². The summed E-state index contributed by atoms with van der Waals surface area (Å²) in [6.07, 6.45) is -0.959. The van der Waals surface area contributed by atoms with Crippen LogP contribution in [0.4, 0.5) is 15.3 Å². The first kappa shape index (κ1) is 41.7. The van der Waals surface area contributed by atoms with Crippen LogP contribution in [-0.2, 0) is 55.0 Å². The molecule has 0 unspecified atom stereocenters. The van der Waals surface area contributed by atoms with Crippen molar-refractivity contribution < 1.29 is 47.0 Å². The molecule has 2 saturated heterocycles. The molecule has 15 heteroatoms. The SMILES string of the molecule is CC[Si](CC)(CC)O[C@@]12C[C@@H](C(=O)OC)N(C(=O)OC)[C@@H]1Cc1ccc(-c3ccc4c(c3)[C@]3(O[Si](CC)(CC)CC)C[C@@H](C(=O)OC)N(C(=O)OC)[C@@H]3N4)cc12. The number of likely N-dealkylation sites (tertiary alicyclic amines) is 2. The average Bonchev–Trinajstić information content (AvgIpc) is 3.92. The Hall–Kier alpha value is -3.93. The van der Waals surface area contributed by atoms with Gasteiger partial charge in [0.05, 0.1) is 34.5 Å². The number of fused-ring (bicyclic) bond motifs is 6. The Kier molecular flexibility index (Phi) is 11.8. The lowest BCUT2D eigenvalue weighted by Gasteiger charge is -2.42.